The zero-order chi connectivity index (χ0) is 67.0. The first-order valence-electron chi connectivity index (χ1n) is 34.1. The monoisotopic (exact) mass is 1320 g/mol. The third-order valence-corrected chi connectivity index (χ3v) is 19.6. The minimum atomic E-state index is -1.43. The minimum Gasteiger partial charge on any atom is -0.464 e. The summed E-state index contributed by atoms with van der Waals surface area (Å²) < 4.78 is 50.8. The van der Waals surface area contributed by atoms with Crippen molar-refractivity contribution in [1.29, 1.82) is 0 Å². The number of rotatable bonds is 26. The smallest absolute Gasteiger partial charge is 0.329 e. The Morgan fingerprint density at radius 1 is 0.398 bits per heavy atom. The zero-order valence-electron chi connectivity index (χ0n) is 53.9. The molecule has 4 aliphatic heterocycles. The van der Waals surface area contributed by atoms with Crippen molar-refractivity contribution in [3.05, 3.63) is 168 Å². The van der Waals surface area contributed by atoms with Gasteiger partial charge in [-0.25, -0.2) is 9.59 Å². The van der Waals surface area contributed by atoms with Gasteiger partial charge in [0.25, 0.3) is 23.6 Å². The van der Waals surface area contributed by atoms with Crippen molar-refractivity contribution >= 4 is 90.5 Å². The summed E-state index contributed by atoms with van der Waals surface area (Å²) in [7, 11) is 0. The van der Waals surface area contributed by atoms with Gasteiger partial charge in [-0.1, -0.05) is 137 Å². The van der Waals surface area contributed by atoms with Gasteiger partial charge in [-0.3, -0.25) is 38.6 Å². The summed E-state index contributed by atoms with van der Waals surface area (Å²) in [6.45, 7) is 1.11. The Balaban J connectivity index is 0.979. The normalized spacial score (nSPS) is 18.2. The maximum Gasteiger partial charge on any atom is 0.329 e. The van der Waals surface area contributed by atoms with Gasteiger partial charge in [0.1, 0.15) is 71.3 Å². The van der Waals surface area contributed by atoms with Crippen LogP contribution >= 0.6 is 0 Å². The van der Waals surface area contributed by atoms with Gasteiger partial charge in [0.05, 0.1) is 60.5 Å². The van der Waals surface area contributed by atoms with Crippen LogP contribution in [0.15, 0.2) is 146 Å². The van der Waals surface area contributed by atoms with Crippen molar-refractivity contribution in [3.63, 3.8) is 0 Å². The Labute approximate surface area is 564 Å². The Morgan fingerprint density at radius 2 is 0.684 bits per heavy atom. The van der Waals surface area contributed by atoms with Crippen LogP contribution < -0.4 is 29.6 Å². The first-order chi connectivity index (χ1) is 47.9. The second-order valence-corrected chi connectivity index (χ2v) is 26.2. The van der Waals surface area contributed by atoms with Crippen molar-refractivity contribution in [2.24, 2.45) is 11.8 Å². The van der Waals surface area contributed by atoms with Crippen LogP contribution in [0.2, 0.25) is 0 Å². The van der Waals surface area contributed by atoms with Gasteiger partial charge in [-0.05, 0) is 97.5 Å². The third-order valence-electron chi connectivity index (χ3n) is 19.6. The summed E-state index contributed by atoms with van der Waals surface area (Å²) in [4.78, 5) is 123. The maximum atomic E-state index is 16.3. The van der Waals surface area contributed by atoms with Gasteiger partial charge in [0.2, 0.25) is 11.8 Å². The number of nitrogens with zero attached hydrogens (tertiary/aromatic N) is 2. The second-order valence-electron chi connectivity index (χ2n) is 26.2. The quantitative estimate of drug-likeness (QED) is 0.0168. The van der Waals surface area contributed by atoms with Gasteiger partial charge in [0.15, 0.2) is 0 Å². The highest BCUT2D eigenvalue weighted by molar-refractivity contribution is 6.45. The lowest BCUT2D eigenvalue weighted by Gasteiger charge is -2.37. The predicted molar refractivity (Wildman–Crippen MR) is 361 cm³/mol. The van der Waals surface area contributed by atoms with Crippen molar-refractivity contribution in [2.75, 3.05) is 39.5 Å². The predicted octanol–water partition coefficient (Wildman–Crippen LogP) is 13.7. The Morgan fingerprint density at radius 3 is 0.959 bits per heavy atom. The molecule has 4 atom stereocenters. The molecule has 6 amide bonds. The van der Waals surface area contributed by atoms with Crippen LogP contribution in [0.3, 0.4) is 0 Å². The molecule has 2 saturated carbocycles. The lowest BCUT2D eigenvalue weighted by Crippen LogP contribution is -2.52. The van der Waals surface area contributed by atoms with Crippen molar-refractivity contribution in [1.82, 2.24) is 20.4 Å². The first kappa shape index (κ1) is 63.6. The first-order valence-corrected chi connectivity index (χ1v) is 34.1. The molecular weight excluding hydrogens is 1250 g/mol. The summed E-state index contributed by atoms with van der Waals surface area (Å²) in [5.41, 5.74) is -0.0171. The zero-order valence-corrected chi connectivity index (χ0v) is 53.9. The van der Waals surface area contributed by atoms with Gasteiger partial charge in [0, 0.05) is 56.2 Å². The number of carbonyl (C=O) groups excluding carboxylic acids is 8. The van der Waals surface area contributed by atoms with E-state index in [2.05, 4.69) is 10.6 Å². The largest absolute Gasteiger partial charge is 0.464 e. The van der Waals surface area contributed by atoms with E-state index >= 15 is 19.2 Å². The highest BCUT2D eigenvalue weighted by Crippen LogP contribution is 2.58. The SMILES string of the molecule is O=C(CCOC(=O)C(CC1CCCCC1)N1C(=O)c2cc(Oc3ccccc3)c3c4c(Oc5ccccc5)cc5c6c(cc(Oc7ccccc7)c(c7c(Oc8ccccc8)cc(c2c37)C1=O)c64)C(=O)N(C(CC1CCCCC1)C(=O)OCCC(=O)NCC1CO1)C5=O)NCC1CO1. The molecule has 500 valence electrons. The summed E-state index contributed by atoms with van der Waals surface area (Å²) >= 11 is 0. The molecule has 0 aromatic heterocycles. The Hall–Kier alpha value is -10.4. The van der Waals surface area contributed by atoms with E-state index in [0.29, 0.717) is 49.3 Å². The number of hydrogen-bond donors (Lipinski definition) is 2. The number of benzene rings is 9. The number of hydrogen-bond acceptors (Lipinski definition) is 16. The number of imide groups is 2. The molecular formula is C78H72N4O16. The average molecular weight is 1320 g/mol. The fourth-order valence-electron chi connectivity index (χ4n) is 14.7. The van der Waals surface area contributed by atoms with E-state index < -0.39 is 47.7 Å². The summed E-state index contributed by atoms with van der Waals surface area (Å²) in [6, 6.07) is 39.0. The summed E-state index contributed by atoms with van der Waals surface area (Å²) in [6.07, 6.45) is 8.35. The molecule has 4 unspecified atom stereocenters. The number of para-hydroxylation sites is 4. The second kappa shape index (κ2) is 27.6. The molecule has 2 saturated heterocycles. The molecule has 9 aromatic rings. The maximum absolute atomic E-state index is 16.3. The molecule has 9 aromatic carbocycles. The van der Waals surface area contributed by atoms with E-state index in [1.807, 2.05) is 24.3 Å². The van der Waals surface area contributed by atoms with E-state index in [1.165, 1.54) is 0 Å². The number of fused-ring (bicyclic) bond motifs is 2. The van der Waals surface area contributed by atoms with Crippen LogP contribution in [-0.4, -0.2) is 121 Å². The van der Waals surface area contributed by atoms with Gasteiger partial charge >= 0.3 is 11.9 Å². The fourth-order valence-corrected chi connectivity index (χ4v) is 14.7. The number of nitrogens with one attached hydrogen (secondary N) is 2. The van der Waals surface area contributed by atoms with E-state index in [-0.39, 0.29) is 163 Å². The van der Waals surface area contributed by atoms with Crippen molar-refractivity contribution in [2.45, 2.75) is 114 Å². The van der Waals surface area contributed by atoms with E-state index in [4.69, 9.17) is 37.9 Å². The summed E-state index contributed by atoms with van der Waals surface area (Å²) in [5, 5.41) is 7.63. The molecule has 15 rings (SSSR count). The van der Waals surface area contributed by atoms with E-state index in [0.717, 1.165) is 74.0 Å². The number of esters is 2. The lowest BCUT2D eigenvalue weighted by atomic mass is 9.79. The molecule has 0 bridgehead atoms. The molecule has 0 spiro atoms. The molecule has 2 aliphatic carbocycles. The molecule has 20 heteroatoms. The van der Waals surface area contributed by atoms with Crippen LogP contribution in [0.25, 0.3) is 43.1 Å². The number of amides is 6. The van der Waals surface area contributed by atoms with Crippen LogP contribution in [0.5, 0.6) is 46.0 Å². The lowest BCUT2D eigenvalue weighted by molar-refractivity contribution is -0.150. The minimum absolute atomic E-state index is 0.00427. The standard InChI is InChI=1S/C78H72N4O16/c83-63(79-41-51-43-93-51)31-33-91-77(89)57(35-45-19-7-1-8-20-45)81-73(85)53-37-59(95-47-23-11-3-12-24-47)67-69-61(97-49-27-15-5-16-28-49)39-55-66-56(76(88)82(75(55)87)58(36-46-21-9-2-10-22-46)78(90)92-34-32-64(84)80-42-52-44-94-52)40-62(98-50-29-17-6-18-30-50)70(72(66)69)68-60(96-48-25-13-4-14-26-48)38-54(74(81)86)65(53)71(67)68/h3-6,11-18,23-30,37-40,45-46,51-52,57-58H,1-2,7-10,19-22,31-36,41-44H2,(H,79,83)(H,80,84). The topological polar surface area (TPSA) is 248 Å². The van der Waals surface area contributed by atoms with Gasteiger partial charge in [-0.2, -0.15) is 0 Å². The number of ether oxygens (including phenoxy) is 8. The molecule has 4 fully saturated rings. The number of carbonyl (C=O) groups is 8. The highest BCUT2D eigenvalue weighted by atomic mass is 16.6. The van der Waals surface area contributed by atoms with Crippen molar-refractivity contribution < 1.29 is 76.3 Å². The molecule has 20 nitrogen and oxygen atoms in total. The van der Waals surface area contributed by atoms with Crippen LogP contribution in [0, 0.1) is 11.8 Å². The molecule has 0 radical (unpaired) electrons. The molecule has 2 N–H and O–H groups in total. The van der Waals surface area contributed by atoms with E-state index in [9.17, 15) is 19.2 Å². The average Bonchev–Trinajstić information content (AvgIpc) is 1.17. The van der Waals surface area contributed by atoms with Gasteiger partial charge < -0.3 is 48.5 Å². The molecule has 4 heterocycles. The van der Waals surface area contributed by atoms with Crippen LogP contribution in [-0.2, 0) is 38.1 Å². The third kappa shape index (κ3) is 12.9. The van der Waals surface area contributed by atoms with Crippen LogP contribution in [0.4, 0.5) is 0 Å². The fraction of sp³-hybridized carbons (Fsp3) is 0.333. The molecule has 98 heavy (non-hydrogen) atoms. The van der Waals surface area contributed by atoms with Crippen molar-refractivity contribution in [3.8, 4) is 46.0 Å². The highest BCUT2D eigenvalue weighted by Gasteiger charge is 2.48. The summed E-state index contributed by atoms with van der Waals surface area (Å²) in [5.74, 6) is -4.05. The number of epoxide rings is 2. The van der Waals surface area contributed by atoms with Crippen LogP contribution in [0.1, 0.15) is 131 Å². The Kier molecular flexibility index (Phi) is 17.9. The van der Waals surface area contributed by atoms with E-state index in [1.54, 1.807) is 121 Å². The Bertz CT molecular complexity index is 4090. The van der Waals surface area contributed by atoms with Gasteiger partial charge in [-0.15, -0.1) is 0 Å². The molecule has 6 aliphatic rings.